The Morgan fingerprint density at radius 3 is 2.33 bits per heavy atom. The van der Waals surface area contributed by atoms with E-state index in [4.69, 9.17) is 4.74 Å². The highest BCUT2D eigenvalue weighted by atomic mass is 19.1. The summed E-state index contributed by atoms with van der Waals surface area (Å²) in [6, 6.07) is 22.0. The lowest BCUT2D eigenvalue weighted by atomic mass is 9.98. The van der Waals surface area contributed by atoms with E-state index in [1.807, 2.05) is 54.6 Å². The molecule has 0 radical (unpaired) electrons. The molecule has 10 heteroatoms. The van der Waals surface area contributed by atoms with Gasteiger partial charge < -0.3 is 25.2 Å². The van der Waals surface area contributed by atoms with Crippen LogP contribution in [0, 0.1) is 5.82 Å². The molecule has 0 bridgehead atoms. The van der Waals surface area contributed by atoms with Crippen molar-refractivity contribution in [1.82, 2.24) is 25.4 Å². The molecule has 0 spiro atoms. The van der Waals surface area contributed by atoms with Crippen molar-refractivity contribution in [3.05, 3.63) is 114 Å². The van der Waals surface area contributed by atoms with Crippen LogP contribution < -0.4 is 10.6 Å². The first kappa shape index (κ1) is 34.7. The summed E-state index contributed by atoms with van der Waals surface area (Å²) in [5.74, 6) is -1.43. The van der Waals surface area contributed by atoms with Crippen molar-refractivity contribution in [1.29, 1.82) is 0 Å². The van der Waals surface area contributed by atoms with Gasteiger partial charge in [-0.05, 0) is 77.5 Å². The fourth-order valence-electron chi connectivity index (χ4n) is 6.08. The van der Waals surface area contributed by atoms with Crippen LogP contribution >= 0.6 is 0 Å². The van der Waals surface area contributed by atoms with Crippen LogP contribution in [0.2, 0.25) is 0 Å². The summed E-state index contributed by atoms with van der Waals surface area (Å²) in [4.78, 5) is 48.6. The van der Waals surface area contributed by atoms with Crippen molar-refractivity contribution in [2.45, 2.75) is 50.2 Å². The Balaban J connectivity index is 1.36. The molecule has 4 aromatic rings. The van der Waals surface area contributed by atoms with Crippen LogP contribution in [0.15, 0.2) is 91.3 Å². The monoisotopic (exact) mass is 653 g/mol. The van der Waals surface area contributed by atoms with E-state index in [2.05, 4.69) is 15.6 Å². The number of carbonyl (C=O) groups excluding carboxylic acids is 3. The largest absolute Gasteiger partial charge is 0.370 e. The number of benzene rings is 3. The Labute approximate surface area is 281 Å². The molecule has 9 nitrogen and oxygen atoms in total. The zero-order chi connectivity index (χ0) is 33.9. The van der Waals surface area contributed by atoms with Gasteiger partial charge in [-0.3, -0.25) is 19.4 Å². The molecule has 3 aromatic carbocycles. The van der Waals surface area contributed by atoms with Gasteiger partial charge in [-0.1, -0.05) is 54.6 Å². The number of halogens is 1. The summed E-state index contributed by atoms with van der Waals surface area (Å²) in [6.45, 7) is 1.56. The number of hydrogen-bond acceptors (Lipinski definition) is 6. The Morgan fingerprint density at radius 1 is 0.896 bits per heavy atom. The fraction of sp³-hybridized carbons (Fsp3) is 0.368. The number of nitrogens with zero attached hydrogens (tertiary/aromatic N) is 3. The summed E-state index contributed by atoms with van der Waals surface area (Å²) in [5, 5.41) is 8.44. The van der Waals surface area contributed by atoms with E-state index in [1.165, 1.54) is 21.9 Å². The maximum absolute atomic E-state index is 14.5. The van der Waals surface area contributed by atoms with Gasteiger partial charge in [0.25, 0.3) is 0 Å². The molecule has 1 fully saturated rings. The van der Waals surface area contributed by atoms with Crippen LogP contribution in [0.4, 0.5) is 4.39 Å². The number of hydrogen-bond donors (Lipinski definition) is 2. The number of likely N-dealkylation sites (N-methyl/N-ethyl adjacent to an activating group) is 2. The molecule has 3 amide bonds. The van der Waals surface area contributed by atoms with Crippen LogP contribution in [0.3, 0.4) is 0 Å². The maximum atomic E-state index is 14.5. The van der Waals surface area contributed by atoms with Gasteiger partial charge in [0.1, 0.15) is 24.5 Å². The van der Waals surface area contributed by atoms with Crippen molar-refractivity contribution in [3.8, 4) is 0 Å². The van der Waals surface area contributed by atoms with Crippen molar-refractivity contribution < 1.29 is 23.5 Å². The van der Waals surface area contributed by atoms with Crippen LogP contribution in [-0.4, -0.2) is 91.0 Å². The first-order valence-corrected chi connectivity index (χ1v) is 16.5. The quantitative estimate of drug-likeness (QED) is 0.202. The first-order valence-electron chi connectivity index (χ1n) is 16.5. The predicted molar refractivity (Wildman–Crippen MR) is 184 cm³/mol. The molecular weight excluding hydrogens is 609 g/mol. The van der Waals surface area contributed by atoms with E-state index in [1.54, 1.807) is 38.6 Å². The molecule has 5 rings (SSSR count). The number of ether oxygens (including phenoxy) is 1. The number of fused-ring (bicyclic) bond motifs is 1. The number of aromatic nitrogens is 1. The van der Waals surface area contributed by atoms with Gasteiger partial charge in [-0.15, -0.1) is 0 Å². The standard InChI is InChI=1S/C38H44FN5O4/c1-43(36(45)26-48-25-33-8-5-18-41-33)35(24-29-9-12-30-6-3-4-7-31(30)22-29)38(47)44(2)34(23-28-10-13-32(39)14-11-28)37(46)42-21-17-27-15-19-40-20-16-27/h3-4,6-7,9-16,19-20,22,33-35,41H,5,8,17-18,21,23-26H2,1-2H3,(H,42,46)/t33-,34-,35-/m1/s1. The van der Waals surface area contributed by atoms with Crippen LogP contribution in [0.25, 0.3) is 10.8 Å². The molecule has 1 aliphatic rings. The molecule has 1 aromatic heterocycles. The smallest absolute Gasteiger partial charge is 0.249 e. The van der Waals surface area contributed by atoms with Crippen LogP contribution in [0.1, 0.15) is 29.5 Å². The molecule has 3 atom stereocenters. The number of amides is 3. The first-order chi connectivity index (χ1) is 23.3. The van der Waals surface area contributed by atoms with Crippen molar-refractivity contribution in [2.24, 2.45) is 0 Å². The van der Waals surface area contributed by atoms with Gasteiger partial charge >= 0.3 is 0 Å². The minimum atomic E-state index is -0.910. The summed E-state index contributed by atoms with van der Waals surface area (Å²) in [7, 11) is 3.20. The van der Waals surface area contributed by atoms with E-state index in [0.717, 1.165) is 41.3 Å². The molecule has 1 saturated heterocycles. The van der Waals surface area contributed by atoms with E-state index in [-0.39, 0.29) is 49.0 Å². The minimum Gasteiger partial charge on any atom is -0.370 e. The lowest BCUT2D eigenvalue weighted by molar-refractivity contribution is -0.149. The summed E-state index contributed by atoms with van der Waals surface area (Å²) in [6.07, 6.45) is 6.48. The highest BCUT2D eigenvalue weighted by Crippen LogP contribution is 2.20. The third-order valence-electron chi connectivity index (χ3n) is 9.02. The van der Waals surface area contributed by atoms with Crippen molar-refractivity contribution in [2.75, 3.05) is 40.4 Å². The van der Waals surface area contributed by atoms with E-state index >= 15 is 0 Å². The van der Waals surface area contributed by atoms with E-state index in [0.29, 0.717) is 25.1 Å². The second-order valence-electron chi connectivity index (χ2n) is 12.4. The third-order valence-corrected chi connectivity index (χ3v) is 9.02. The normalized spacial score (nSPS) is 15.5. The Bertz CT molecular complexity index is 1660. The molecule has 252 valence electrons. The molecule has 2 N–H and O–H groups in total. The van der Waals surface area contributed by atoms with Crippen molar-refractivity contribution >= 4 is 28.5 Å². The molecule has 0 saturated carbocycles. The molecule has 48 heavy (non-hydrogen) atoms. The van der Waals surface area contributed by atoms with Crippen LogP contribution in [-0.2, 0) is 38.4 Å². The fourth-order valence-corrected chi connectivity index (χ4v) is 6.08. The molecule has 1 aliphatic heterocycles. The summed E-state index contributed by atoms with van der Waals surface area (Å²) in [5.41, 5.74) is 2.61. The highest BCUT2D eigenvalue weighted by molar-refractivity contribution is 5.92. The average molecular weight is 654 g/mol. The maximum Gasteiger partial charge on any atom is 0.249 e. The number of rotatable bonds is 15. The average Bonchev–Trinajstić information content (AvgIpc) is 3.63. The molecule has 0 aliphatic carbocycles. The summed E-state index contributed by atoms with van der Waals surface area (Å²) >= 11 is 0. The SMILES string of the molecule is CN(C(=O)COC[C@H]1CCCN1)[C@H](Cc1ccc2ccccc2c1)C(=O)N(C)[C@H](Cc1ccc(F)cc1)C(=O)NCCc1ccncc1. The molecular formula is C38H44FN5O4. The van der Waals surface area contributed by atoms with Gasteiger partial charge in [-0.2, -0.15) is 0 Å². The zero-order valence-electron chi connectivity index (χ0n) is 27.6. The van der Waals surface area contributed by atoms with Gasteiger partial charge in [0.2, 0.25) is 17.7 Å². The zero-order valence-corrected chi connectivity index (χ0v) is 27.6. The van der Waals surface area contributed by atoms with E-state index in [9.17, 15) is 18.8 Å². The highest BCUT2D eigenvalue weighted by Gasteiger charge is 2.35. The number of carbonyl (C=O) groups is 3. The van der Waals surface area contributed by atoms with Gasteiger partial charge in [0.05, 0.1) is 6.61 Å². The number of pyridine rings is 1. The third kappa shape index (κ3) is 9.45. The second kappa shape index (κ2) is 16.9. The molecule has 2 heterocycles. The van der Waals surface area contributed by atoms with Crippen LogP contribution in [0.5, 0.6) is 0 Å². The Hall–Kier alpha value is -4.67. The molecule has 0 unspecified atom stereocenters. The summed E-state index contributed by atoms with van der Waals surface area (Å²) < 4.78 is 19.5. The minimum absolute atomic E-state index is 0.158. The lowest BCUT2D eigenvalue weighted by Crippen LogP contribution is -2.56. The van der Waals surface area contributed by atoms with Gasteiger partial charge in [0.15, 0.2) is 0 Å². The lowest BCUT2D eigenvalue weighted by Gasteiger charge is -2.34. The Morgan fingerprint density at radius 2 is 1.60 bits per heavy atom. The number of nitrogens with one attached hydrogen (secondary N) is 2. The van der Waals surface area contributed by atoms with Gasteiger partial charge in [-0.25, -0.2) is 4.39 Å². The Kier molecular flexibility index (Phi) is 12.2. The van der Waals surface area contributed by atoms with Crippen molar-refractivity contribution in [3.63, 3.8) is 0 Å². The van der Waals surface area contributed by atoms with Gasteiger partial charge in [0, 0.05) is 51.9 Å². The predicted octanol–water partition coefficient (Wildman–Crippen LogP) is 3.94. The topological polar surface area (TPSA) is 104 Å². The second-order valence-corrected chi connectivity index (χ2v) is 12.4. The van der Waals surface area contributed by atoms with E-state index < -0.39 is 12.1 Å².